The molecule has 0 spiro atoms. The summed E-state index contributed by atoms with van der Waals surface area (Å²) in [6.45, 7) is 0. The molecule has 0 N–H and O–H groups in total. The third kappa shape index (κ3) is 7.26. The van der Waals surface area contributed by atoms with Crippen LogP contribution in [0.2, 0.25) is 0 Å². The van der Waals surface area contributed by atoms with E-state index in [-0.39, 0.29) is 0 Å². The SMILES string of the molecule is N#Cc1ccc(-n2c3ccccc3c3c2ccc2c4ccccc4n(-c4ccccc4)c23)cc1-c1nc(-c2ccccc2)nc(-c2cc(-n3c4ccccc4c4c3ccc3c5ccccc5n(-c5ccccc5)c34)ccc2-c2ccccc2C#N)n1. The van der Waals surface area contributed by atoms with Crippen molar-refractivity contribution in [2.24, 2.45) is 0 Å². The summed E-state index contributed by atoms with van der Waals surface area (Å²) in [5.41, 5.74) is 16.9. The molecule has 0 fully saturated rings. The molecule has 17 aromatic rings. The van der Waals surface area contributed by atoms with Crippen molar-refractivity contribution in [2.75, 3.05) is 0 Å². The van der Waals surface area contributed by atoms with Crippen LogP contribution in [0.3, 0.4) is 0 Å². The van der Waals surface area contributed by atoms with Crippen LogP contribution >= 0.6 is 0 Å². The van der Waals surface area contributed by atoms with Crippen molar-refractivity contribution < 1.29 is 0 Å². The fraction of sp³-hybridized carbons (Fsp3) is 0. The van der Waals surface area contributed by atoms with Crippen LogP contribution in [0.25, 0.3) is 155 Å². The smallest absolute Gasteiger partial charge is 0.165 e. The van der Waals surface area contributed by atoms with Gasteiger partial charge in [0.25, 0.3) is 0 Å². The van der Waals surface area contributed by atoms with Crippen LogP contribution < -0.4 is 0 Å². The van der Waals surface area contributed by atoms with E-state index >= 15 is 0 Å². The Hall–Kier alpha value is -12.2. The first-order chi connectivity index (χ1) is 42.6. The lowest BCUT2D eigenvalue weighted by Crippen LogP contribution is -2.04. The van der Waals surface area contributed by atoms with Crippen LogP contribution in [-0.4, -0.2) is 33.2 Å². The number of hydrogen-bond donors (Lipinski definition) is 0. The van der Waals surface area contributed by atoms with Crippen molar-refractivity contribution >= 4 is 87.2 Å². The number of nitriles is 2. The highest BCUT2D eigenvalue weighted by molar-refractivity contribution is 6.27. The second kappa shape index (κ2) is 19.2. The minimum atomic E-state index is 0.331. The van der Waals surface area contributed by atoms with Crippen LogP contribution in [0.5, 0.6) is 0 Å². The monoisotopic (exact) mass is 1100 g/mol. The zero-order valence-electron chi connectivity index (χ0n) is 46.0. The van der Waals surface area contributed by atoms with E-state index in [4.69, 9.17) is 15.0 Å². The molecule has 0 aliphatic carbocycles. The van der Waals surface area contributed by atoms with Gasteiger partial charge in [-0.25, -0.2) is 15.0 Å². The zero-order chi connectivity index (χ0) is 57.0. The molecule has 17 rings (SSSR count). The third-order valence-corrected chi connectivity index (χ3v) is 17.1. The molecule has 0 aliphatic rings. The molecule has 5 aromatic heterocycles. The van der Waals surface area contributed by atoms with Crippen LogP contribution in [0.4, 0.5) is 0 Å². The van der Waals surface area contributed by atoms with E-state index in [0.29, 0.717) is 39.7 Å². The quantitative estimate of drug-likeness (QED) is 0.151. The topological polar surface area (TPSA) is 106 Å². The predicted molar refractivity (Wildman–Crippen MR) is 348 cm³/mol. The first-order valence-corrected chi connectivity index (χ1v) is 28.6. The van der Waals surface area contributed by atoms with Gasteiger partial charge >= 0.3 is 0 Å². The van der Waals surface area contributed by atoms with Gasteiger partial charge in [0.1, 0.15) is 0 Å². The van der Waals surface area contributed by atoms with Gasteiger partial charge in [0.15, 0.2) is 17.5 Å². The molecule has 0 radical (unpaired) electrons. The summed E-state index contributed by atoms with van der Waals surface area (Å²) in [5.74, 6) is 1.15. The standard InChI is InChI=1S/C77H45N9/c78-46-49-22-10-11-27-55(49)56-39-38-54(84-68-35-19-15-31-62(68)72-70(84)43-41-60-58-29-13-17-33-66(58)86(74(60)72)52-25-8-3-9-26-52)45-64(56)77-81-75(48-20-4-1-5-21-48)80-76(82-77)63-44-53(37-36-50(63)47-79)83-67-34-18-14-30-61(67)71-69(83)42-40-59-57-28-12-16-32-65(57)85(73(59)71)51-23-6-2-7-24-51/h1-45H. The van der Waals surface area contributed by atoms with Crippen molar-refractivity contribution in [3.63, 3.8) is 0 Å². The van der Waals surface area contributed by atoms with Crippen molar-refractivity contribution in [1.29, 1.82) is 10.5 Å². The van der Waals surface area contributed by atoms with E-state index in [1.165, 1.54) is 16.2 Å². The summed E-state index contributed by atoms with van der Waals surface area (Å²) >= 11 is 0. The molecule has 0 amide bonds. The Bertz CT molecular complexity index is 5740. The second-order valence-electron chi connectivity index (χ2n) is 21.7. The first kappa shape index (κ1) is 48.5. The highest BCUT2D eigenvalue weighted by Gasteiger charge is 2.26. The summed E-state index contributed by atoms with van der Waals surface area (Å²) < 4.78 is 9.40. The minimum absolute atomic E-state index is 0.331. The molecule has 0 saturated carbocycles. The number of benzene rings is 12. The van der Waals surface area contributed by atoms with E-state index in [2.05, 4.69) is 231 Å². The molecular formula is C77H45N9. The van der Waals surface area contributed by atoms with Gasteiger partial charge in [-0.1, -0.05) is 176 Å². The Labute approximate surface area is 492 Å². The van der Waals surface area contributed by atoms with Crippen molar-refractivity contribution in [3.05, 3.63) is 284 Å². The molecule has 86 heavy (non-hydrogen) atoms. The molecule has 9 heteroatoms. The molecule has 12 aromatic carbocycles. The van der Waals surface area contributed by atoms with E-state index in [0.717, 1.165) is 111 Å². The van der Waals surface area contributed by atoms with E-state index in [1.807, 2.05) is 72.8 Å². The third-order valence-electron chi connectivity index (χ3n) is 17.1. The summed E-state index contributed by atoms with van der Waals surface area (Å²) in [6.07, 6.45) is 0. The van der Waals surface area contributed by atoms with Crippen LogP contribution in [0, 0.1) is 22.7 Å². The lowest BCUT2D eigenvalue weighted by atomic mass is 9.94. The first-order valence-electron chi connectivity index (χ1n) is 28.6. The number of nitrogens with zero attached hydrogens (tertiary/aromatic N) is 9. The van der Waals surface area contributed by atoms with E-state index in [1.54, 1.807) is 0 Å². The Morgan fingerprint density at radius 1 is 0.256 bits per heavy atom. The molecule has 398 valence electrons. The Morgan fingerprint density at radius 2 is 0.663 bits per heavy atom. The average Bonchev–Trinajstić information content (AvgIpc) is 1.69. The van der Waals surface area contributed by atoms with Gasteiger partial charge in [-0.2, -0.15) is 10.5 Å². The number of aromatic nitrogens is 7. The van der Waals surface area contributed by atoms with Crippen LogP contribution in [-0.2, 0) is 0 Å². The molecule has 0 atom stereocenters. The predicted octanol–water partition coefficient (Wildman–Crippen LogP) is 18.7. The molecular weight excluding hydrogens is 1050 g/mol. The fourth-order valence-electron chi connectivity index (χ4n) is 13.5. The molecule has 0 aliphatic heterocycles. The lowest BCUT2D eigenvalue weighted by molar-refractivity contribution is 1.07. The summed E-state index contributed by atoms with van der Waals surface area (Å²) in [6, 6.07) is 99.4. The lowest BCUT2D eigenvalue weighted by Gasteiger charge is -2.17. The zero-order valence-corrected chi connectivity index (χ0v) is 46.0. The number of hydrogen-bond acceptors (Lipinski definition) is 5. The molecule has 5 heterocycles. The van der Waals surface area contributed by atoms with E-state index < -0.39 is 0 Å². The van der Waals surface area contributed by atoms with Gasteiger partial charge < -0.3 is 18.3 Å². The highest BCUT2D eigenvalue weighted by atomic mass is 15.1. The highest BCUT2D eigenvalue weighted by Crippen LogP contribution is 2.46. The average molecular weight is 1100 g/mol. The van der Waals surface area contributed by atoms with Gasteiger partial charge in [-0.3, -0.25) is 0 Å². The summed E-state index contributed by atoms with van der Waals surface area (Å²) in [5, 5.41) is 31.0. The van der Waals surface area contributed by atoms with Crippen molar-refractivity contribution in [2.45, 2.75) is 0 Å². The maximum atomic E-state index is 11.1. The van der Waals surface area contributed by atoms with Crippen LogP contribution in [0.15, 0.2) is 273 Å². The van der Waals surface area contributed by atoms with Gasteiger partial charge in [0.05, 0.1) is 67.4 Å². The van der Waals surface area contributed by atoms with Crippen LogP contribution in [0.1, 0.15) is 11.1 Å². The Balaban J connectivity index is 0.918. The minimum Gasteiger partial charge on any atom is -0.309 e. The summed E-state index contributed by atoms with van der Waals surface area (Å²) in [7, 11) is 0. The maximum absolute atomic E-state index is 11.1. The van der Waals surface area contributed by atoms with Gasteiger partial charge in [0.2, 0.25) is 0 Å². The Morgan fingerprint density at radius 3 is 1.20 bits per heavy atom. The molecule has 0 bridgehead atoms. The molecule has 0 saturated heterocycles. The Kier molecular flexibility index (Phi) is 10.8. The molecule has 0 unspecified atom stereocenters. The number of fused-ring (bicyclic) bond motifs is 14. The van der Waals surface area contributed by atoms with Crippen molar-refractivity contribution in [1.82, 2.24) is 33.2 Å². The fourth-order valence-corrected chi connectivity index (χ4v) is 13.5. The van der Waals surface area contributed by atoms with Gasteiger partial charge in [-0.15, -0.1) is 0 Å². The second-order valence-corrected chi connectivity index (χ2v) is 21.7. The summed E-state index contributed by atoms with van der Waals surface area (Å²) in [4.78, 5) is 16.2. The van der Waals surface area contributed by atoms with Gasteiger partial charge in [0, 0.05) is 88.1 Å². The maximum Gasteiger partial charge on any atom is 0.165 e. The number of para-hydroxylation sites is 6. The van der Waals surface area contributed by atoms with E-state index in [9.17, 15) is 10.5 Å². The normalized spacial score (nSPS) is 11.7. The van der Waals surface area contributed by atoms with Crippen molar-refractivity contribution in [3.8, 4) is 80.2 Å². The van der Waals surface area contributed by atoms with Gasteiger partial charge in [-0.05, 0) is 103 Å². The number of rotatable bonds is 8. The largest absolute Gasteiger partial charge is 0.309 e. The molecule has 9 nitrogen and oxygen atoms in total.